The van der Waals surface area contributed by atoms with Crippen LogP contribution in [0.4, 0.5) is 11.4 Å². The van der Waals surface area contributed by atoms with Gasteiger partial charge in [-0.1, -0.05) is 31.2 Å². The van der Waals surface area contributed by atoms with Crippen molar-refractivity contribution in [2.24, 2.45) is 0 Å². The third kappa shape index (κ3) is 5.23. The number of nitrogens with one attached hydrogen (secondary N) is 1. The number of para-hydroxylation sites is 2. The van der Waals surface area contributed by atoms with Gasteiger partial charge in [-0.05, 0) is 36.2 Å². The zero-order valence-electron chi connectivity index (χ0n) is 15.2. The summed E-state index contributed by atoms with van der Waals surface area (Å²) < 4.78 is 30.8. The van der Waals surface area contributed by atoms with E-state index in [-0.39, 0.29) is 18.9 Å². The SMILES string of the molecule is CCc1ccc(NC(=O)CCN(c2ccccc2OC)S(C)(=O)=O)cc1. The zero-order valence-corrected chi connectivity index (χ0v) is 16.0. The van der Waals surface area contributed by atoms with E-state index in [0.29, 0.717) is 17.1 Å². The van der Waals surface area contributed by atoms with Crippen molar-refractivity contribution in [2.75, 3.05) is 29.5 Å². The van der Waals surface area contributed by atoms with Crippen LogP contribution in [-0.2, 0) is 21.2 Å². The quantitative estimate of drug-likeness (QED) is 0.768. The van der Waals surface area contributed by atoms with Crippen molar-refractivity contribution in [1.82, 2.24) is 0 Å². The van der Waals surface area contributed by atoms with Gasteiger partial charge < -0.3 is 10.1 Å². The maximum atomic E-state index is 12.2. The second-order valence-corrected chi connectivity index (χ2v) is 7.76. The third-order valence-electron chi connectivity index (χ3n) is 3.94. The number of nitrogens with zero attached hydrogens (tertiary/aromatic N) is 1. The Morgan fingerprint density at radius 2 is 1.77 bits per heavy atom. The van der Waals surface area contributed by atoms with Gasteiger partial charge in [0.2, 0.25) is 15.9 Å². The summed E-state index contributed by atoms with van der Waals surface area (Å²) in [6.07, 6.45) is 2.07. The van der Waals surface area contributed by atoms with Gasteiger partial charge in [0.25, 0.3) is 0 Å². The lowest BCUT2D eigenvalue weighted by Crippen LogP contribution is -2.33. The molecule has 0 heterocycles. The van der Waals surface area contributed by atoms with Crippen molar-refractivity contribution in [3.63, 3.8) is 0 Å². The average molecular weight is 376 g/mol. The molecule has 0 aliphatic heterocycles. The van der Waals surface area contributed by atoms with Crippen molar-refractivity contribution in [2.45, 2.75) is 19.8 Å². The number of hydrogen-bond donors (Lipinski definition) is 1. The lowest BCUT2D eigenvalue weighted by molar-refractivity contribution is -0.116. The van der Waals surface area contributed by atoms with Crippen LogP contribution in [0, 0.1) is 0 Å². The highest BCUT2D eigenvalue weighted by atomic mass is 32.2. The molecule has 0 spiro atoms. The van der Waals surface area contributed by atoms with Crippen LogP contribution in [0.2, 0.25) is 0 Å². The molecule has 0 radical (unpaired) electrons. The lowest BCUT2D eigenvalue weighted by atomic mass is 10.1. The van der Waals surface area contributed by atoms with E-state index >= 15 is 0 Å². The Morgan fingerprint density at radius 3 is 2.35 bits per heavy atom. The van der Waals surface area contributed by atoms with E-state index in [2.05, 4.69) is 12.2 Å². The van der Waals surface area contributed by atoms with Crippen LogP contribution in [0.3, 0.4) is 0 Å². The number of aryl methyl sites for hydroxylation is 1. The third-order valence-corrected chi connectivity index (χ3v) is 5.12. The van der Waals surface area contributed by atoms with Crippen LogP contribution >= 0.6 is 0 Å². The normalized spacial score (nSPS) is 11.0. The summed E-state index contributed by atoms with van der Waals surface area (Å²) in [5.41, 5.74) is 2.29. The molecule has 0 aliphatic carbocycles. The molecule has 7 heteroatoms. The molecule has 0 aromatic heterocycles. The Labute approximate surface area is 154 Å². The number of methoxy groups -OCH3 is 1. The van der Waals surface area contributed by atoms with Crippen LogP contribution in [-0.4, -0.2) is 34.2 Å². The van der Waals surface area contributed by atoms with E-state index in [1.165, 1.54) is 17.0 Å². The molecule has 140 valence electrons. The minimum absolute atomic E-state index is 0.0259. The lowest BCUT2D eigenvalue weighted by Gasteiger charge is -2.24. The standard InChI is InChI=1S/C19H24N2O4S/c1-4-15-9-11-16(12-10-15)20-19(22)13-14-21(26(3,23)24)17-7-5-6-8-18(17)25-2/h5-12H,4,13-14H2,1-3H3,(H,20,22). The summed E-state index contributed by atoms with van der Waals surface area (Å²) in [6.45, 7) is 2.09. The Hall–Kier alpha value is -2.54. The van der Waals surface area contributed by atoms with Gasteiger partial charge in [-0.3, -0.25) is 9.10 Å². The van der Waals surface area contributed by atoms with Gasteiger partial charge in [-0.15, -0.1) is 0 Å². The maximum absolute atomic E-state index is 12.2. The second kappa shape index (κ2) is 8.71. The smallest absolute Gasteiger partial charge is 0.232 e. The van der Waals surface area contributed by atoms with E-state index in [9.17, 15) is 13.2 Å². The largest absolute Gasteiger partial charge is 0.495 e. The first-order valence-corrected chi connectivity index (χ1v) is 10.2. The highest BCUT2D eigenvalue weighted by molar-refractivity contribution is 7.92. The molecule has 6 nitrogen and oxygen atoms in total. The number of carbonyl (C=O) groups is 1. The number of carbonyl (C=O) groups excluding carboxylic acids is 1. The highest BCUT2D eigenvalue weighted by Crippen LogP contribution is 2.29. The first-order valence-electron chi connectivity index (χ1n) is 8.34. The van der Waals surface area contributed by atoms with Crippen molar-refractivity contribution < 1.29 is 17.9 Å². The molecular formula is C19H24N2O4S. The molecule has 0 saturated heterocycles. The summed E-state index contributed by atoms with van der Waals surface area (Å²) in [7, 11) is -2.08. The van der Waals surface area contributed by atoms with Gasteiger partial charge in [0.15, 0.2) is 0 Å². The van der Waals surface area contributed by atoms with Crippen LogP contribution in [0.5, 0.6) is 5.75 Å². The number of anilines is 2. The van der Waals surface area contributed by atoms with Gasteiger partial charge in [0.05, 0.1) is 19.1 Å². The molecule has 0 fully saturated rings. The van der Waals surface area contributed by atoms with Gasteiger partial charge in [0, 0.05) is 18.7 Å². The fourth-order valence-corrected chi connectivity index (χ4v) is 3.48. The van der Waals surface area contributed by atoms with Crippen LogP contribution in [0.1, 0.15) is 18.9 Å². The molecule has 2 rings (SSSR count). The van der Waals surface area contributed by atoms with E-state index < -0.39 is 10.0 Å². The monoisotopic (exact) mass is 376 g/mol. The maximum Gasteiger partial charge on any atom is 0.232 e. The van der Waals surface area contributed by atoms with Crippen molar-refractivity contribution in [3.05, 3.63) is 54.1 Å². The number of ether oxygens (including phenoxy) is 1. The number of rotatable bonds is 8. The Balaban J connectivity index is 2.08. The predicted molar refractivity (Wildman–Crippen MR) is 104 cm³/mol. The summed E-state index contributed by atoms with van der Waals surface area (Å²) in [4.78, 5) is 12.2. The Kier molecular flexibility index (Phi) is 6.63. The first-order chi connectivity index (χ1) is 12.3. The second-order valence-electron chi connectivity index (χ2n) is 5.86. The number of hydrogen-bond acceptors (Lipinski definition) is 4. The van der Waals surface area contributed by atoms with E-state index in [4.69, 9.17) is 4.74 Å². The molecule has 1 amide bonds. The summed E-state index contributed by atoms with van der Waals surface area (Å²) in [5, 5.41) is 2.79. The average Bonchev–Trinajstić information content (AvgIpc) is 2.61. The van der Waals surface area contributed by atoms with Gasteiger partial charge in [-0.25, -0.2) is 8.42 Å². The number of amides is 1. The zero-order chi connectivity index (χ0) is 19.2. The Bertz CT molecular complexity index is 848. The fourth-order valence-electron chi connectivity index (χ4n) is 2.55. The Morgan fingerprint density at radius 1 is 1.12 bits per heavy atom. The molecule has 0 unspecified atom stereocenters. The van der Waals surface area contributed by atoms with Crippen LogP contribution in [0.25, 0.3) is 0 Å². The van der Waals surface area contributed by atoms with E-state index in [0.717, 1.165) is 12.7 Å². The van der Waals surface area contributed by atoms with Gasteiger partial charge >= 0.3 is 0 Å². The molecule has 2 aromatic rings. The molecular weight excluding hydrogens is 352 g/mol. The van der Waals surface area contributed by atoms with E-state index in [1.807, 2.05) is 24.3 Å². The topological polar surface area (TPSA) is 75.7 Å². The minimum atomic E-state index is -3.55. The number of sulfonamides is 1. The van der Waals surface area contributed by atoms with Crippen molar-refractivity contribution in [1.29, 1.82) is 0 Å². The molecule has 0 bridgehead atoms. The molecule has 26 heavy (non-hydrogen) atoms. The van der Waals surface area contributed by atoms with Gasteiger partial charge in [-0.2, -0.15) is 0 Å². The van der Waals surface area contributed by atoms with Crippen LogP contribution in [0.15, 0.2) is 48.5 Å². The summed E-state index contributed by atoms with van der Waals surface area (Å²) in [5.74, 6) is 0.186. The van der Waals surface area contributed by atoms with Crippen molar-refractivity contribution in [3.8, 4) is 5.75 Å². The minimum Gasteiger partial charge on any atom is -0.495 e. The highest BCUT2D eigenvalue weighted by Gasteiger charge is 2.21. The predicted octanol–water partition coefficient (Wildman–Crippen LogP) is 3.05. The molecule has 0 aliphatic rings. The van der Waals surface area contributed by atoms with Crippen LogP contribution < -0.4 is 14.4 Å². The van der Waals surface area contributed by atoms with Gasteiger partial charge in [0.1, 0.15) is 5.75 Å². The molecule has 0 atom stereocenters. The molecule has 0 saturated carbocycles. The number of benzene rings is 2. The van der Waals surface area contributed by atoms with Crippen molar-refractivity contribution >= 4 is 27.3 Å². The first kappa shape index (κ1) is 19.8. The van der Waals surface area contributed by atoms with E-state index in [1.54, 1.807) is 24.3 Å². The summed E-state index contributed by atoms with van der Waals surface area (Å²) >= 11 is 0. The fraction of sp³-hybridized carbons (Fsp3) is 0.316. The molecule has 2 aromatic carbocycles. The summed E-state index contributed by atoms with van der Waals surface area (Å²) in [6, 6.07) is 14.4. The molecule has 1 N–H and O–H groups in total.